The minimum Gasteiger partial charge on any atom is -0.458 e. The number of ether oxygens (including phenoxy) is 1. The highest BCUT2D eigenvalue weighted by Gasteiger charge is 2.57. The highest BCUT2D eigenvalue weighted by molar-refractivity contribution is 5.91. The number of aldehydes is 1. The Labute approximate surface area is 107 Å². The van der Waals surface area contributed by atoms with E-state index in [1.165, 1.54) is 5.57 Å². The summed E-state index contributed by atoms with van der Waals surface area (Å²) in [6.07, 6.45) is 4.77. The second-order valence-electron chi connectivity index (χ2n) is 6.15. The van der Waals surface area contributed by atoms with Gasteiger partial charge < -0.3 is 9.53 Å². The molecular weight excluding hydrogens is 228 g/mol. The lowest BCUT2D eigenvalue weighted by Gasteiger charge is -2.45. The van der Waals surface area contributed by atoms with E-state index in [0.717, 1.165) is 12.7 Å². The van der Waals surface area contributed by atoms with Gasteiger partial charge in [0.15, 0.2) is 0 Å². The van der Waals surface area contributed by atoms with Gasteiger partial charge in [0, 0.05) is 22.8 Å². The maximum absolute atomic E-state index is 11.7. The van der Waals surface area contributed by atoms with E-state index < -0.39 is 0 Å². The molecule has 3 rings (SSSR count). The van der Waals surface area contributed by atoms with Crippen molar-refractivity contribution in [2.75, 3.05) is 0 Å². The topological polar surface area (TPSA) is 43.4 Å². The zero-order valence-corrected chi connectivity index (χ0v) is 10.8. The van der Waals surface area contributed by atoms with Crippen molar-refractivity contribution in [1.82, 2.24) is 0 Å². The number of rotatable bonds is 1. The molecule has 1 heterocycles. The molecular formula is C15H18O3. The first kappa shape index (κ1) is 11.7. The smallest absolute Gasteiger partial charge is 0.334 e. The van der Waals surface area contributed by atoms with Crippen LogP contribution in [0.2, 0.25) is 0 Å². The zero-order chi connectivity index (χ0) is 13.1. The number of hydrogen-bond acceptors (Lipinski definition) is 3. The molecule has 1 saturated carbocycles. The summed E-state index contributed by atoms with van der Waals surface area (Å²) in [7, 11) is 0. The number of fused-ring (bicyclic) bond motifs is 3. The molecule has 1 saturated heterocycles. The predicted molar refractivity (Wildman–Crippen MR) is 66.7 cm³/mol. The Bertz CT molecular complexity index is 476. The summed E-state index contributed by atoms with van der Waals surface area (Å²) in [6, 6.07) is 0. The van der Waals surface area contributed by atoms with Crippen molar-refractivity contribution in [3.63, 3.8) is 0 Å². The van der Waals surface area contributed by atoms with E-state index in [4.69, 9.17) is 4.74 Å². The summed E-state index contributed by atoms with van der Waals surface area (Å²) in [5, 5.41) is 0. The van der Waals surface area contributed by atoms with Crippen LogP contribution in [0.3, 0.4) is 0 Å². The third-order valence-electron chi connectivity index (χ3n) is 5.13. The molecule has 5 atom stereocenters. The molecule has 18 heavy (non-hydrogen) atoms. The molecule has 0 bridgehead atoms. The standard InChI is InChI=1S/C15H18O3/c1-8-4-5-11-12(8)13-10(6-15(11,3)7-16)9(2)14(17)18-13/h4,7,10-13H,2,5-6H2,1,3H3/t10-,11+,12-,13-,15-/m0/s1. The zero-order valence-electron chi connectivity index (χ0n) is 10.8. The Morgan fingerprint density at radius 2 is 2.28 bits per heavy atom. The van der Waals surface area contributed by atoms with Crippen LogP contribution in [0.4, 0.5) is 0 Å². The maximum Gasteiger partial charge on any atom is 0.334 e. The van der Waals surface area contributed by atoms with E-state index in [1.54, 1.807) is 0 Å². The molecule has 0 aromatic carbocycles. The second kappa shape index (κ2) is 3.56. The van der Waals surface area contributed by atoms with Gasteiger partial charge in [0.1, 0.15) is 12.4 Å². The molecule has 0 aromatic heterocycles. The van der Waals surface area contributed by atoms with Gasteiger partial charge in [0.05, 0.1) is 0 Å². The molecule has 96 valence electrons. The minimum atomic E-state index is -0.364. The van der Waals surface area contributed by atoms with Crippen molar-refractivity contribution in [3.8, 4) is 0 Å². The van der Waals surface area contributed by atoms with Crippen molar-refractivity contribution >= 4 is 12.3 Å². The number of hydrogen-bond donors (Lipinski definition) is 0. The first-order valence-corrected chi connectivity index (χ1v) is 6.50. The Balaban J connectivity index is 2.05. The average Bonchev–Trinajstić information content (AvgIpc) is 2.85. The molecule has 0 unspecified atom stereocenters. The lowest BCUT2D eigenvalue weighted by molar-refractivity contribution is -0.145. The third kappa shape index (κ3) is 1.30. The molecule has 0 amide bonds. The van der Waals surface area contributed by atoms with E-state index in [1.807, 2.05) is 6.92 Å². The molecule has 0 aromatic rings. The Hall–Kier alpha value is -1.38. The van der Waals surface area contributed by atoms with Crippen LogP contribution >= 0.6 is 0 Å². The van der Waals surface area contributed by atoms with Gasteiger partial charge in [-0.05, 0) is 25.7 Å². The number of carbonyl (C=O) groups is 2. The van der Waals surface area contributed by atoms with Crippen LogP contribution in [0.15, 0.2) is 23.8 Å². The summed E-state index contributed by atoms with van der Waals surface area (Å²) in [5.41, 5.74) is 1.44. The molecule has 1 aliphatic heterocycles. The summed E-state index contributed by atoms with van der Waals surface area (Å²) < 4.78 is 5.50. The van der Waals surface area contributed by atoms with Gasteiger partial charge in [-0.25, -0.2) is 4.79 Å². The van der Waals surface area contributed by atoms with Crippen LogP contribution < -0.4 is 0 Å². The molecule has 2 aliphatic carbocycles. The number of carbonyl (C=O) groups excluding carboxylic acids is 2. The van der Waals surface area contributed by atoms with Crippen molar-refractivity contribution in [2.45, 2.75) is 32.8 Å². The van der Waals surface area contributed by atoms with Gasteiger partial charge in [-0.1, -0.05) is 25.2 Å². The number of esters is 1. The molecule has 3 nitrogen and oxygen atoms in total. The molecule has 0 spiro atoms. The largest absolute Gasteiger partial charge is 0.458 e. The van der Waals surface area contributed by atoms with Crippen molar-refractivity contribution in [3.05, 3.63) is 23.8 Å². The monoisotopic (exact) mass is 246 g/mol. The Morgan fingerprint density at radius 1 is 1.56 bits per heavy atom. The maximum atomic E-state index is 11.7. The fourth-order valence-electron chi connectivity index (χ4n) is 4.04. The van der Waals surface area contributed by atoms with Crippen molar-refractivity contribution in [2.24, 2.45) is 23.2 Å². The van der Waals surface area contributed by atoms with E-state index in [-0.39, 0.29) is 35.2 Å². The lowest BCUT2D eigenvalue weighted by atomic mass is 9.58. The SMILES string of the molecule is C=C1C(=O)O[C@@H]2[C@H]3C(C)=CC[C@H]3[C@](C)(C=O)C[C@@H]12. The summed E-state index contributed by atoms with van der Waals surface area (Å²) in [6.45, 7) is 7.94. The predicted octanol–water partition coefficient (Wildman–Crippen LogP) is 2.28. The first-order valence-electron chi connectivity index (χ1n) is 6.50. The quantitative estimate of drug-likeness (QED) is 0.308. The summed E-state index contributed by atoms with van der Waals surface area (Å²) in [5.74, 6) is 0.200. The molecule has 0 N–H and O–H groups in total. The van der Waals surface area contributed by atoms with E-state index in [2.05, 4.69) is 19.6 Å². The fourth-order valence-corrected chi connectivity index (χ4v) is 4.04. The normalized spacial score (nSPS) is 46.2. The minimum absolute atomic E-state index is 0.00963. The average molecular weight is 246 g/mol. The molecule has 2 fully saturated rings. The Kier molecular flexibility index (Phi) is 2.31. The Morgan fingerprint density at radius 3 is 2.94 bits per heavy atom. The fraction of sp³-hybridized carbons (Fsp3) is 0.600. The number of allylic oxidation sites excluding steroid dienone is 1. The van der Waals surface area contributed by atoms with Crippen LogP contribution in [-0.4, -0.2) is 18.4 Å². The highest BCUT2D eigenvalue weighted by Crippen LogP contribution is 2.57. The lowest BCUT2D eigenvalue weighted by Crippen LogP contribution is -2.47. The van der Waals surface area contributed by atoms with Crippen LogP contribution in [0.5, 0.6) is 0 Å². The van der Waals surface area contributed by atoms with Gasteiger partial charge in [0.25, 0.3) is 0 Å². The van der Waals surface area contributed by atoms with Gasteiger partial charge >= 0.3 is 5.97 Å². The van der Waals surface area contributed by atoms with Crippen molar-refractivity contribution in [1.29, 1.82) is 0 Å². The summed E-state index contributed by atoms with van der Waals surface area (Å²) >= 11 is 0. The summed E-state index contributed by atoms with van der Waals surface area (Å²) in [4.78, 5) is 23.2. The van der Waals surface area contributed by atoms with E-state index in [9.17, 15) is 9.59 Å². The van der Waals surface area contributed by atoms with E-state index in [0.29, 0.717) is 12.0 Å². The van der Waals surface area contributed by atoms with Crippen LogP contribution in [0, 0.1) is 23.2 Å². The highest BCUT2D eigenvalue weighted by atomic mass is 16.6. The van der Waals surface area contributed by atoms with Crippen LogP contribution in [0.1, 0.15) is 26.7 Å². The molecule has 3 aliphatic rings. The van der Waals surface area contributed by atoms with Gasteiger partial charge in [-0.3, -0.25) is 0 Å². The molecule has 0 radical (unpaired) electrons. The second-order valence-corrected chi connectivity index (χ2v) is 6.15. The van der Waals surface area contributed by atoms with Gasteiger partial charge in [-0.15, -0.1) is 0 Å². The van der Waals surface area contributed by atoms with Gasteiger partial charge in [-0.2, -0.15) is 0 Å². The van der Waals surface area contributed by atoms with Gasteiger partial charge in [0.2, 0.25) is 0 Å². The van der Waals surface area contributed by atoms with Crippen LogP contribution in [-0.2, 0) is 14.3 Å². The first-order chi connectivity index (χ1) is 8.48. The third-order valence-corrected chi connectivity index (χ3v) is 5.13. The van der Waals surface area contributed by atoms with Crippen LogP contribution in [0.25, 0.3) is 0 Å². The van der Waals surface area contributed by atoms with E-state index >= 15 is 0 Å². The molecule has 3 heteroatoms. The van der Waals surface area contributed by atoms with Crippen molar-refractivity contribution < 1.29 is 14.3 Å².